The van der Waals surface area contributed by atoms with Gasteiger partial charge in [0.05, 0.1) is 7.11 Å². The number of nitrogens with zero attached hydrogens (tertiary/aromatic N) is 1. The summed E-state index contributed by atoms with van der Waals surface area (Å²) in [6.07, 6.45) is -1.92. The molecule has 0 bridgehead atoms. The molecule has 0 aliphatic rings. The van der Waals surface area contributed by atoms with E-state index in [9.17, 15) is 9.59 Å². The van der Waals surface area contributed by atoms with Gasteiger partial charge in [0.1, 0.15) is 6.61 Å². The Labute approximate surface area is 117 Å². The van der Waals surface area contributed by atoms with Crippen LogP contribution in [-0.2, 0) is 25.7 Å². The first-order valence-electron chi connectivity index (χ1n) is 5.90. The maximum atomic E-state index is 11.7. The van der Waals surface area contributed by atoms with E-state index in [0.717, 1.165) is 10.6 Å². The molecule has 7 nitrogen and oxygen atoms in total. The molecule has 0 aliphatic carbocycles. The number of benzene rings is 1. The topological polar surface area (TPSA) is 77.1 Å². The van der Waals surface area contributed by atoms with Gasteiger partial charge in [-0.15, -0.1) is 0 Å². The molecule has 2 amide bonds. The molecule has 0 saturated heterocycles. The maximum absolute atomic E-state index is 11.7. The Morgan fingerprint density at radius 2 is 1.90 bits per heavy atom. The molecule has 1 rings (SSSR count). The minimum Gasteiger partial charge on any atom is -0.445 e. The SMILES string of the molecule is COC(NC(=O)OCc1ccccc1)C(=O)N(C)OC. The van der Waals surface area contributed by atoms with Crippen molar-refractivity contribution in [2.45, 2.75) is 12.8 Å². The lowest BCUT2D eigenvalue weighted by Crippen LogP contribution is -2.48. The highest BCUT2D eigenvalue weighted by Crippen LogP contribution is 2.01. The van der Waals surface area contributed by atoms with E-state index in [2.05, 4.69) is 5.32 Å². The summed E-state index contributed by atoms with van der Waals surface area (Å²) in [6.45, 7) is 0.109. The number of likely N-dealkylation sites (N-methyl/N-ethyl adjacent to an activating group) is 1. The monoisotopic (exact) mass is 282 g/mol. The third-order valence-corrected chi connectivity index (χ3v) is 2.51. The van der Waals surface area contributed by atoms with E-state index < -0.39 is 18.2 Å². The van der Waals surface area contributed by atoms with Gasteiger partial charge in [0.15, 0.2) is 0 Å². The van der Waals surface area contributed by atoms with Gasteiger partial charge in [-0.2, -0.15) is 0 Å². The summed E-state index contributed by atoms with van der Waals surface area (Å²) in [6, 6.07) is 9.19. The zero-order chi connectivity index (χ0) is 15.0. The van der Waals surface area contributed by atoms with E-state index in [4.69, 9.17) is 14.3 Å². The molecule has 0 radical (unpaired) electrons. The first kappa shape index (κ1) is 15.9. The average Bonchev–Trinajstić information content (AvgIpc) is 2.50. The first-order chi connectivity index (χ1) is 9.58. The van der Waals surface area contributed by atoms with Crippen LogP contribution in [0, 0.1) is 0 Å². The first-order valence-corrected chi connectivity index (χ1v) is 5.90. The second kappa shape index (κ2) is 8.13. The third kappa shape index (κ3) is 4.87. The number of rotatable bonds is 6. The van der Waals surface area contributed by atoms with Gasteiger partial charge in [-0.25, -0.2) is 9.86 Å². The molecule has 0 fully saturated rings. The van der Waals surface area contributed by atoms with Crippen LogP contribution in [0.15, 0.2) is 30.3 Å². The van der Waals surface area contributed by atoms with Crippen LogP contribution in [0.3, 0.4) is 0 Å². The molecule has 7 heteroatoms. The smallest absolute Gasteiger partial charge is 0.409 e. The summed E-state index contributed by atoms with van der Waals surface area (Å²) in [4.78, 5) is 28.0. The van der Waals surface area contributed by atoms with Crippen LogP contribution in [0.4, 0.5) is 4.79 Å². The molecule has 1 unspecified atom stereocenters. The lowest BCUT2D eigenvalue weighted by atomic mass is 10.2. The number of amides is 2. The Hall–Kier alpha value is -2.12. The predicted octanol–water partition coefficient (Wildman–Crippen LogP) is 0.905. The zero-order valence-corrected chi connectivity index (χ0v) is 11.7. The lowest BCUT2D eigenvalue weighted by molar-refractivity contribution is -0.180. The highest BCUT2D eigenvalue weighted by Gasteiger charge is 2.24. The van der Waals surface area contributed by atoms with Gasteiger partial charge in [-0.05, 0) is 5.56 Å². The summed E-state index contributed by atoms with van der Waals surface area (Å²) in [7, 11) is 4.03. The van der Waals surface area contributed by atoms with Crippen molar-refractivity contribution in [1.29, 1.82) is 0 Å². The van der Waals surface area contributed by atoms with Gasteiger partial charge in [-0.1, -0.05) is 30.3 Å². The fourth-order valence-corrected chi connectivity index (χ4v) is 1.35. The summed E-state index contributed by atoms with van der Waals surface area (Å²) in [5.74, 6) is -0.549. The van der Waals surface area contributed by atoms with Crippen LogP contribution in [-0.4, -0.2) is 44.6 Å². The number of ether oxygens (including phenoxy) is 2. The molecular formula is C13H18N2O5. The fourth-order valence-electron chi connectivity index (χ4n) is 1.35. The van der Waals surface area contributed by atoms with Crippen LogP contribution in [0.25, 0.3) is 0 Å². The fraction of sp³-hybridized carbons (Fsp3) is 0.385. The number of carbonyl (C=O) groups is 2. The maximum Gasteiger partial charge on any atom is 0.409 e. The second-order valence-corrected chi connectivity index (χ2v) is 3.84. The van der Waals surface area contributed by atoms with Gasteiger partial charge >= 0.3 is 6.09 Å². The number of hydroxylamine groups is 2. The zero-order valence-electron chi connectivity index (χ0n) is 11.7. The predicted molar refractivity (Wildman–Crippen MR) is 70.3 cm³/mol. The van der Waals surface area contributed by atoms with E-state index in [1.807, 2.05) is 30.3 Å². The molecule has 0 heterocycles. The van der Waals surface area contributed by atoms with E-state index in [1.165, 1.54) is 21.3 Å². The molecule has 0 spiro atoms. The standard InChI is InChI=1S/C13H18N2O5/c1-15(19-3)12(16)11(18-2)14-13(17)20-9-10-7-5-4-6-8-10/h4-8,11H,9H2,1-3H3,(H,14,17). The normalized spacial score (nSPS) is 11.6. The number of nitrogens with one attached hydrogen (secondary N) is 1. The molecule has 0 saturated carbocycles. The Kier molecular flexibility index (Phi) is 6.48. The average molecular weight is 282 g/mol. The molecule has 110 valence electrons. The van der Waals surface area contributed by atoms with Gasteiger partial charge in [0.25, 0.3) is 5.91 Å². The Bertz CT molecular complexity index is 438. The Morgan fingerprint density at radius 3 is 2.45 bits per heavy atom. The largest absolute Gasteiger partial charge is 0.445 e. The van der Waals surface area contributed by atoms with E-state index in [1.54, 1.807) is 0 Å². The summed E-state index contributed by atoms with van der Waals surface area (Å²) in [5.41, 5.74) is 0.844. The van der Waals surface area contributed by atoms with Crippen molar-refractivity contribution in [2.75, 3.05) is 21.3 Å². The molecular weight excluding hydrogens is 264 g/mol. The van der Waals surface area contributed by atoms with Gasteiger partial charge in [-0.3, -0.25) is 14.9 Å². The molecule has 0 aliphatic heterocycles. The number of methoxy groups -OCH3 is 1. The van der Waals surface area contributed by atoms with Crippen molar-refractivity contribution in [3.63, 3.8) is 0 Å². The van der Waals surface area contributed by atoms with Crippen molar-refractivity contribution < 1.29 is 23.9 Å². The van der Waals surface area contributed by atoms with E-state index >= 15 is 0 Å². The molecule has 1 aromatic carbocycles. The quantitative estimate of drug-likeness (QED) is 0.620. The van der Waals surface area contributed by atoms with Gasteiger partial charge in [0, 0.05) is 14.2 Å². The number of hydrogen-bond donors (Lipinski definition) is 1. The van der Waals surface area contributed by atoms with E-state index in [-0.39, 0.29) is 6.61 Å². The molecule has 1 aromatic rings. The summed E-state index contributed by atoms with van der Waals surface area (Å²) in [5, 5.41) is 3.25. The highest BCUT2D eigenvalue weighted by atomic mass is 16.7. The van der Waals surface area contributed by atoms with Crippen LogP contribution in [0.5, 0.6) is 0 Å². The second-order valence-electron chi connectivity index (χ2n) is 3.84. The van der Waals surface area contributed by atoms with Crippen molar-refractivity contribution >= 4 is 12.0 Å². The summed E-state index contributed by atoms with van der Waals surface area (Å²) < 4.78 is 9.86. The van der Waals surface area contributed by atoms with Crippen molar-refractivity contribution in [1.82, 2.24) is 10.4 Å². The minimum absolute atomic E-state index is 0.109. The van der Waals surface area contributed by atoms with Crippen LogP contribution >= 0.6 is 0 Å². The Balaban J connectivity index is 2.45. The van der Waals surface area contributed by atoms with Crippen LogP contribution in [0.1, 0.15) is 5.56 Å². The molecule has 1 N–H and O–H groups in total. The molecule has 0 aromatic heterocycles. The Morgan fingerprint density at radius 1 is 1.25 bits per heavy atom. The van der Waals surface area contributed by atoms with Crippen molar-refractivity contribution in [3.05, 3.63) is 35.9 Å². The third-order valence-electron chi connectivity index (χ3n) is 2.51. The van der Waals surface area contributed by atoms with Gasteiger partial charge < -0.3 is 9.47 Å². The highest BCUT2D eigenvalue weighted by molar-refractivity contribution is 5.83. The number of carbonyl (C=O) groups excluding carboxylic acids is 2. The molecule has 1 atom stereocenters. The van der Waals surface area contributed by atoms with Crippen LogP contribution in [0.2, 0.25) is 0 Å². The van der Waals surface area contributed by atoms with Gasteiger partial charge in [0.2, 0.25) is 6.23 Å². The van der Waals surface area contributed by atoms with E-state index in [0.29, 0.717) is 0 Å². The number of hydrogen-bond acceptors (Lipinski definition) is 5. The molecule has 20 heavy (non-hydrogen) atoms. The van der Waals surface area contributed by atoms with Crippen LogP contribution < -0.4 is 5.32 Å². The van der Waals surface area contributed by atoms with Crippen molar-refractivity contribution in [3.8, 4) is 0 Å². The number of alkyl carbamates (subject to hydrolysis) is 1. The summed E-state index contributed by atoms with van der Waals surface area (Å²) >= 11 is 0. The lowest BCUT2D eigenvalue weighted by Gasteiger charge is -2.21. The van der Waals surface area contributed by atoms with Crippen molar-refractivity contribution in [2.24, 2.45) is 0 Å². The minimum atomic E-state index is -1.16.